The van der Waals surface area contributed by atoms with Crippen molar-refractivity contribution in [3.63, 3.8) is 0 Å². The van der Waals surface area contributed by atoms with Crippen molar-refractivity contribution in [1.82, 2.24) is 34.6 Å². The van der Waals surface area contributed by atoms with Gasteiger partial charge in [0.15, 0.2) is 11.2 Å². The fourth-order valence-electron chi connectivity index (χ4n) is 7.90. The highest BCUT2D eigenvalue weighted by molar-refractivity contribution is 7.13. The standard InChI is InChI=1S/C39H37FN10O4S/c40-31-19-25(18-29-30(31)22-50(37(29)53)35(36(52)45-38-41-10-17-55-38)34-32-2-1-11-48(32)23-43-34)24-3-6-27(7-4-24)47-15-13-46(14-16-47)21-26-5-8-28(20-42-26)49-12-9-33(51)44-39(49)54/h3-8,10,17-20,23,35H,1-2,9,11-16,21-22H2,(H,41,45,52)(H,44,51,54). The van der Waals surface area contributed by atoms with Gasteiger partial charge in [0.05, 0.1) is 36.1 Å². The van der Waals surface area contributed by atoms with Crippen LogP contribution in [0, 0.1) is 5.82 Å². The molecule has 0 saturated carbocycles. The second-order valence-corrected chi connectivity index (χ2v) is 15.0. The summed E-state index contributed by atoms with van der Waals surface area (Å²) in [7, 11) is 0. The third kappa shape index (κ3) is 6.71. The number of fused-ring (bicyclic) bond motifs is 2. The van der Waals surface area contributed by atoms with E-state index in [2.05, 4.69) is 35.4 Å². The first kappa shape index (κ1) is 34.7. The first-order valence-electron chi connectivity index (χ1n) is 18.3. The zero-order chi connectivity index (χ0) is 37.6. The highest BCUT2D eigenvalue weighted by Crippen LogP contribution is 2.38. The number of imidazole rings is 1. The number of piperazine rings is 1. The molecule has 0 aliphatic carbocycles. The van der Waals surface area contributed by atoms with Crippen molar-refractivity contribution in [2.45, 2.75) is 44.9 Å². The van der Waals surface area contributed by atoms with Crippen LogP contribution >= 0.6 is 11.3 Å². The molecule has 2 N–H and O–H groups in total. The minimum Gasteiger partial charge on any atom is -0.369 e. The number of pyridine rings is 1. The van der Waals surface area contributed by atoms with Crippen LogP contribution in [0.15, 0.2) is 72.6 Å². The Bertz CT molecular complexity index is 2290. The van der Waals surface area contributed by atoms with Crippen LogP contribution in [0.3, 0.4) is 0 Å². The van der Waals surface area contributed by atoms with Crippen LogP contribution in [0.1, 0.15) is 51.9 Å². The molecule has 9 rings (SSSR count). The maximum Gasteiger partial charge on any atom is 0.328 e. The van der Waals surface area contributed by atoms with Gasteiger partial charge in [0.25, 0.3) is 11.8 Å². The van der Waals surface area contributed by atoms with Gasteiger partial charge in [0.1, 0.15) is 5.82 Å². The number of aromatic nitrogens is 4. The first-order chi connectivity index (χ1) is 26.8. The van der Waals surface area contributed by atoms with Gasteiger partial charge in [-0.2, -0.15) is 0 Å². The molecule has 1 unspecified atom stereocenters. The predicted molar refractivity (Wildman–Crippen MR) is 203 cm³/mol. The Morgan fingerprint density at radius 3 is 2.47 bits per heavy atom. The fraction of sp³-hybridized carbons (Fsp3) is 0.308. The SMILES string of the molecule is O=C1CCN(c2ccc(CN3CCN(c4ccc(-c5cc(F)c6c(c5)C(=O)N(C(C(=O)Nc5nccs5)c5ncn7c5CCC7)C6)cc4)CC3)nc2)C(=O)N1. The highest BCUT2D eigenvalue weighted by Gasteiger charge is 2.42. The second-order valence-electron chi connectivity index (χ2n) is 14.1. The number of carbonyl (C=O) groups excluding carboxylic acids is 4. The lowest BCUT2D eigenvalue weighted by atomic mass is 9.99. The lowest BCUT2D eigenvalue weighted by molar-refractivity contribution is -0.121. The summed E-state index contributed by atoms with van der Waals surface area (Å²) in [5.74, 6) is -1.61. The van der Waals surface area contributed by atoms with Crippen LogP contribution in [-0.4, -0.2) is 85.8 Å². The van der Waals surface area contributed by atoms with E-state index in [0.29, 0.717) is 35.2 Å². The summed E-state index contributed by atoms with van der Waals surface area (Å²) in [6.07, 6.45) is 6.92. The van der Waals surface area contributed by atoms with Gasteiger partial charge in [-0.25, -0.2) is 19.2 Å². The third-order valence-electron chi connectivity index (χ3n) is 10.8. The maximum atomic E-state index is 15.9. The summed E-state index contributed by atoms with van der Waals surface area (Å²) in [5, 5.41) is 7.35. The van der Waals surface area contributed by atoms with E-state index in [1.165, 1.54) is 27.2 Å². The number of halogens is 1. The van der Waals surface area contributed by atoms with Crippen LogP contribution in [-0.2, 0) is 35.6 Å². The lowest BCUT2D eigenvalue weighted by Crippen LogP contribution is -2.49. The molecular formula is C39H37FN10O4S. The van der Waals surface area contributed by atoms with E-state index in [4.69, 9.17) is 0 Å². The predicted octanol–water partition coefficient (Wildman–Crippen LogP) is 4.59. The number of imide groups is 1. The molecule has 280 valence electrons. The molecule has 7 heterocycles. The van der Waals surface area contributed by atoms with E-state index in [0.717, 1.165) is 68.2 Å². The molecule has 16 heteroatoms. The monoisotopic (exact) mass is 760 g/mol. The number of urea groups is 1. The summed E-state index contributed by atoms with van der Waals surface area (Å²) < 4.78 is 17.9. The average Bonchev–Trinajstić information content (AvgIpc) is 4.01. The molecule has 2 fully saturated rings. The minimum atomic E-state index is -1.04. The minimum absolute atomic E-state index is 0.0463. The zero-order valence-corrected chi connectivity index (χ0v) is 30.6. The summed E-state index contributed by atoms with van der Waals surface area (Å²) in [5.41, 5.74) is 5.92. The number of carbonyl (C=O) groups is 4. The number of rotatable bonds is 9. The van der Waals surface area contributed by atoms with Crippen molar-refractivity contribution in [1.29, 1.82) is 0 Å². The summed E-state index contributed by atoms with van der Waals surface area (Å²) in [6, 6.07) is 13.4. The van der Waals surface area contributed by atoms with Gasteiger partial charge < -0.3 is 14.4 Å². The highest BCUT2D eigenvalue weighted by atomic mass is 32.1. The van der Waals surface area contributed by atoms with Gasteiger partial charge in [0.2, 0.25) is 5.91 Å². The van der Waals surface area contributed by atoms with Gasteiger partial charge in [-0.1, -0.05) is 12.1 Å². The van der Waals surface area contributed by atoms with Crippen LogP contribution in [0.2, 0.25) is 0 Å². The summed E-state index contributed by atoms with van der Waals surface area (Å²) >= 11 is 1.28. The molecule has 2 saturated heterocycles. The van der Waals surface area contributed by atoms with E-state index in [1.807, 2.05) is 41.0 Å². The molecule has 4 aliphatic heterocycles. The van der Waals surface area contributed by atoms with Gasteiger partial charge in [-0.15, -0.1) is 11.3 Å². The van der Waals surface area contributed by atoms with Crippen molar-refractivity contribution >= 4 is 51.6 Å². The lowest BCUT2D eigenvalue weighted by Gasteiger charge is -2.36. The van der Waals surface area contributed by atoms with Gasteiger partial charge in [0, 0.05) is 86.3 Å². The Kier molecular flexibility index (Phi) is 9.06. The number of hydrogen-bond acceptors (Lipinski definition) is 10. The van der Waals surface area contributed by atoms with Crippen molar-refractivity contribution in [2.24, 2.45) is 0 Å². The Hall–Kier alpha value is -6.00. The molecule has 4 aliphatic rings. The average molecular weight is 761 g/mol. The van der Waals surface area contributed by atoms with Gasteiger partial charge in [-0.05, 0) is 60.4 Å². The zero-order valence-electron chi connectivity index (χ0n) is 29.8. The number of hydrogen-bond donors (Lipinski definition) is 2. The van der Waals surface area contributed by atoms with E-state index in [1.54, 1.807) is 30.2 Å². The van der Waals surface area contributed by atoms with Crippen LogP contribution in [0.25, 0.3) is 11.1 Å². The molecular weight excluding hydrogens is 724 g/mol. The number of nitrogens with one attached hydrogen (secondary N) is 2. The van der Waals surface area contributed by atoms with E-state index >= 15 is 4.39 Å². The van der Waals surface area contributed by atoms with Crippen molar-refractivity contribution in [2.75, 3.05) is 47.8 Å². The number of aryl methyl sites for hydroxylation is 1. The van der Waals surface area contributed by atoms with Crippen molar-refractivity contribution in [3.8, 4) is 11.1 Å². The van der Waals surface area contributed by atoms with Crippen LogP contribution in [0.5, 0.6) is 0 Å². The molecule has 1 atom stereocenters. The largest absolute Gasteiger partial charge is 0.369 e. The maximum absolute atomic E-state index is 15.9. The smallest absolute Gasteiger partial charge is 0.328 e. The summed E-state index contributed by atoms with van der Waals surface area (Å²) in [6.45, 7) is 5.06. The Morgan fingerprint density at radius 2 is 1.73 bits per heavy atom. The summed E-state index contributed by atoms with van der Waals surface area (Å²) in [4.78, 5) is 72.4. The van der Waals surface area contributed by atoms with Crippen molar-refractivity contribution in [3.05, 3.63) is 107 Å². The molecule has 55 heavy (non-hydrogen) atoms. The second kappa shape index (κ2) is 14.3. The Labute approximate surface area is 319 Å². The molecule has 0 bridgehead atoms. The number of amides is 5. The first-order valence-corrected chi connectivity index (χ1v) is 19.2. The Morgan fingerprint density at radius 1 is 0.909 bits per heavy atom. The van der Waals surface area contributed by atoms with Gasteiger partial charge >= 0.3 is 6.03 Å². The van der Waals surface area contributed by atoms with Gasteiger partial charge in [-0.3, -0.25) is 39.8 Å². The fourth-order valence-corrected chi connectivity index (χ4v) is 8.44. The molecule has 14 nitrogen and oxygen atoms in total. The molecule has 5 aromatic rings. The Balaban J connectivity index is 0.858. The number of nitrogens with zero attached hydrogens (tertiary/aromatic N) is 8. The molecule has 0 radical (unpaired) electrons. The van der Waals surface area contributed by atoms with Crippen LogP contribution in [0.4, 0.5) is 25.7 Å². The molecule has 0 spiro atoms. The number of benzene rings is 2. The molecule has 3 aromatic heterocycles. The molecule has 2 aromatic carbocycles. The van der Waals surface area contributed by atoms with E-state index in [9.17, 15) is 19.2 Å². The van der Waals surface area contributed by atoms with Crippen molar-refractivity contribution < 1.29 is 23.6 Å². The third-order valence-corrected chi connectivity index (χ3v) is 11.5. The quantitative estimate of drug-likeness (QED) is 0.220. The van der Waals surface area contributed by atoms with Crippen LogP contribution < -0.4 is 20.4 Å². The van der Waals surface area contributed by atoms with E-state index in [-0.39, 0.29) is 30.0 Å². The topological polar surface area (TPSA) is 149 Å². The van der Waals surface area contributed by atoms with E-state index < -0.39 is 29.7 Å². The number of anilines is 3. The molecule has 5 amide bonds. The normalized spacial score (nSPS) is 17.7. The number of thiazole rings is 1.